The highest BCUT2D eigenvalue weighted by atomic mass is 35.5. The van der Waals surface area contributed by atoms with Crippen LogP contribution in [0.25, 0.3) is 22.0 Å². The van der Waals surface area contributed by atoms with Gasteiger partial charge in [-0.15, -0.1) is 0 Å². The standard InChI is InChI=1S/C25H20ClF2N5O4S/c1-25(2)24(34)33(3)20-21(37-25)15-8-12(4-6-17(15)31-23(20)29)13-9-18(22(26)30-11-13)32-38(35,36)19-7-5-14(27)10-16(19)28/h4-11,32H,1-3H3,(H2,29,31). The van der Waals surface area contributed by atoms with Crippen LogP contribution in [0.1, 0.15) is 13.8 Å². The highest BCUT2D eigenvalue weighted by Gasteiger charge is 2.41. The summed E-state index contributed by atoms with van der Waals surface area (Å²) in [4.78, 5) is 21.8. The fourth-order valence-corrected chi connectivity index (χ4v) is 5.55. The average molecular weight is 560 g/mol. The molecule has 1 amide bonds. The van der Waals surface area contributed by atoms with Crippen LogP contribution in [0, 0.1) is 11.6 Å². The molecule has 0 radical (unpaired) electrons. The molecule has 0 fully saturated rings. The first-order chi connectivity index (χ1) is 17.8. The Kier molecular flexibility index (Phi) is 5.91. The van der Waals surface area contributed by atoms with Gasteiger partial charge in [-0.05, 0) is 49.7 Å². The average Bonchev–Trinajstić information content (AvgIpc) is 2.83. The Balaban J connectivity index is 1.59. The summed E-state index contributed by atoms with van der Waals surface area (Å²) in [5.41, 5.74) is 6.76. The number of nitrogens with one attached hydrogen (secondary N) is 1. The highest BCUT2D eigenvalue weighted by Crippen LogP contribution is 2.45. The van der Waals surface area contributed by atoms with E-state index >= 15 is 0 Å². The number of amides is 1. The molecule has 0 saturated carbocycles. The lowest BCUT2D eigenvalue weighted by Crippen LogP contribution is -2.51. The quantitative estimate of drug-likeness (QED) is 0.345. The van der Waals surface area contributed by atoms with Gasteiger partial charge >= 0.3 is 0 Å². The van der Waals surface area contributed by atoms with Crippen LogP contribution in [0.5, 0.6) is 5.75 Å². The smallest absolute Gasteiger partial charge is 0.270 e. The van der Waals surface area contributed by atoms with Crippen molar-refractivity contribution in [2.75, 3.05) is 22.4 Å². The van der Waals surface area contributed by atoms with E-state index in [0.29, 0.717) is 39.5 Å². The number of nitrogens with zero attached hydrogens (tertiary/aromatic N) is 3. The molecule has 0 unspecified atom stereocenters. The van der Waals surface area contributed by atoms with E-state index in [-0.39, 0.29) is 22.6 Å². The van der Waals surface area contributed by atoms with Crippen molar-refractivity contribution in [1.29, 1.82) is 0 Å². The topological polar surface area (TPSA) is 128 Å². The maximum atomic E-state index is 14.2. The van der Waals surface area contributed by atoms with Crippen LogP contribution in [-0.2, 0) is 14.8 Å². The normalized spacial score (nSPS) is 14.8. The number of sulfonamides is 1. The first kappa shape index (κ1) is 25.6. The van der Waals surface area contributed by atoms with Gasteiger partial charge in [0.2, 0.25) is 0 Å². The first-order valence-corrected chi connectivity index (χ1v) is 13.0. The molecule has 1 aliphatic heterocycles. The van der Waals surface area contributed by atoms with Crippen molar-refractivity contribution in [3.63, 3.8) is 0 Å². The Morgan fingerprint density at radius 2 is 1.84 bits per heavy atom. The van der Waals surface area contributed by atoms with E-state index in [2.05, 4.69) is 14.7 Å². The van der Waals surface area contributed by atoms with Crippen LogP contribution < -0.4 is 20.1 Å². The fraction of sp³-hybridized carbons (Fsp3) is 0.160. The number of anilines is 3. The summed E-state index contributed by atoms with van der Waals surface area (Å²) in [7, 11) is -2.87. The Morgan fingerprint density at radius 1 is 1.11 bits per heavy atom. The van der Waals surface area contributed by atoms with Crippen LogP contribution >= 0.6 is 11.6 Å². The van der Waals surface area contributed by atoms with Crippen LogP contribution in [-0.4, -0.2) is 36.9 Å². The summed E-state index contributed by atoms with van der Waals surface area (Å²) >= 11 is 6.14. The predicted molar refractivity (Wildman–Crippen MR) is 140 cm³/mol. The van der Waals surface area contributed by atoms with Gasteiger partial charge in [0.25, 0.3) is 15.9 Å². The molecule has 3 N–H and O–H groups in total. The number of aromatic nitrogens is 2. The van der Waals surface area contributed by atoms with E-state index in [9.17, 15) is 22.0 Å². The molecule has 5 rings (SSSR count). The predicted octanol–water partition coefficient (Wildman–Crippen LogP) is 4.75. The van der Waals surface area contributed by atoms with Crippen molar-refractivity contribution < 1.29 is 26.7 Å². The number of carbonyl (C=O) groups is 1. The summed E-state index contributed by atoms with van der Waals surface area (Å²) in [5.74, 6) is -1.96. The molecule has 0 atom stereocenters. The van der Waals surface area contributed by atoms with Crippen molar-refractivity contribution in [2.24, 2.45) is 0 Å². The zero-order valence-electron chi connectivity index (χ0n) is 20.2. The largest absolute Gasteiger partial charge is 0.475 e. The van der Waals surface area contributed by atoms with Gasteiger partial charge in [0.1, 0.15) is 22.2 Å². The lowest BCUT2D eigenvalue weighted by molar-refractivity contribution is -0.132. The summed E-state index contributed by atoms with van der Waals surface area (Å²) in [6.45, 7) is 3.29. The Hall–Kier alpha value is -4.03. The Labute approximate surface area is 221 Å². The van der Waals surface area contributed by atoms with Gasteiger partial charge in [-0.2, -0.15) is 0 Å². The number of hydrogen-bond donors (Lipinski definition) is 2. The lowest BCUT2D eigenvalue weighted by atomic mass is 10.0. The molecule has 0 bridgehead atoms. The molecule has 2 aromatic heterocycles. The number of rotatable bonds is 4. The van der Waals surface area contributed by atoms with Gasteiger partial charge in [0.15, 0.2) is 22.3 Å². The minimum Gasteiger partial charge on any atom is -0.475 e. The van der Waals surface area contributed by atoms with Crippen molar-refractivity contribution in [2.45, 2.75) is 24.3 Å². The second-order valence-electron chi connectivity index (χ2n) is 9.13. The van der Waals surface area contributed by atoms with E-state index in [1.165, 1.54) is 17.2 Å². The summed E-state index contributed by atoms with van der Waals surface area (Å²) in [6.07, 6.45) is 1.43. The molecule has 38 heavy (non-hydrogen) atoms. The van der Waals surface area contributed by atoms with Gasteiger partial charge in [-0.3, -0.25) is 9.52 Å². The zero-order valence-corrected chi connectivity index (χ0v) is 21.8. The molecule has 13 heteroatoms. The number of nitrogens with two attached hydrogens (primary N) is 1. The minimum absolute atomic E-state index is 0.117. The Morgan fingerprint density at radius 3 is 2.55 bits per heavy atom. The number of hydrogen-bond acceptors (Lipinski definition) is 7. The van der Waals surface area contributed by atoms with E-state index in [1.54, 1.807) is 39.1 Å². The molecule has 4 aromatic rings. The molecule has 1 aliphatic rings. The highest BCUT2D eigenvalue weighted by molar-refractivity contribution is 7.92. The number of nitrogen functional groups attached to an aromatic ring is 1. The summed E-state index contributed by atoms with van der Waals surface area (Å²) < 4.78 is 61.3. The van der Waals surface area contributed by atoms with Crippen molar-refractivity contribution in [3.05, 3.63) is 65.4 Å². The molecule has 2 aromatic carbocycles. The van der Waals surface area contributed by atoms with Crippen LogP contribution in [0.4, 0.5) is 26.0 Å². The lowest BCUT2D eigenvalue weighted by Gasteiger charge is -2.37. The Bertz CT molecular complexity index is 1760. The van der Waals surface area contributed by atoms with E-state index in [4.69, 9.17) is 22.1 Å². The minimum atomic E-state index is -4.46. The number of halogens is 3. The third-order valence-corrected chi connectivity index (χ3v) is 7.75. The van der Waals surface area contributed by atoms with Gasteiger partial charge in [-0.1, -0.05) is 17.7 Å². The van der Waals surface area contributed by atoms with Crippen LogP contribution in [0.15, 0.2) is 53.6 Å². The van der Waals surface area contributed by atoms with E-state index in [0.717, 1.165) is 12.1 Å². The number of benzene rings is 2. The monoisotopic (exact) mass is 559 g/mol. The molecular formula is C25H20ClF2N5O4S. The van der Waals surface area contributed by atoms with Gasteiger partial charge < -0.3 is 15.4 Å². The molecule has 9 nitrogen and oxygen atoms in total. The van der Waals surface area contributed by atoms with Gasteiger partial charge in [0.05, 0.1) is 11.2 Å². The third-order valence-electron chi connectivity index (χ3n) is 6.05. The van der Waals surface area contributed by atoms with Crippen LogP contribution in [0.3, 0.4) is 0 Å². The number of carbonyl (C=O) groups excluding carboxylic acids is 1. The van der Waals surface area contributed by atoms with Gasteiger partial charge in [0, 0.05) is 30.3 Å². The molecule has 196 valence electrons. The maximum absolute atomic E-state index is 14.2. The van der Waals surface area contributed by atoms with Crippen molar-refractivity contribution >= 4 is 55.6 Å². The molecular weight excluding hydrogens is 540 g/mol. The third kappa shape index (κ3) is 4.25. The SMILES string of the molecule is CN1C(=O)C(C)(C)Oc2c1c(N)nc1ccc(-c3cnc(Cl)c(NS(=O)(=O)c4ccc(F)cc4F)c3)cc21. The van der Waals surface area contributed by atoms with Crippen molar-refractivity contribution in [1.82, 2.24) is 9.97 Å². The summed E-state index contributed by atoms with van der Waals surface area (Å²) in [6, 6.07) is 8.69. The summed E-state index contributed by atoms with van der Waals surface area (Å²) in [5, 5.41) is 0.377. The number of pyridine rings is 2. The first-order valence-electron chi connectivity index (χ1n) is 11.1. The maximum Gasteiger partial charge on any atom is 0.270 e. The van der Waals surface area contributed by atoms with Gasteiger partial charge in [-0.25, -0.2) is 27.2 Å². The number of fused-ring (bicyclic) bond motifs is 3. The molecule has 0 saturated heterocycles. The van der Waals surface area contributed by atoms with Crippen molar-refractivity contribution in [3.8, 4) is 16.9 Å². The van der Waals surface area contributed by atoms with E-state index in [1.807, 2.05) is 0 Å². The second-order valence-corrected chi connectivity index (χ2v) is 11.1. The molecule has 3 heterocycles. The fourth-order valence-electron chi connectivity index (χ4n) is 4.22. The number of likely N-dealkylation sites (N-methyl/N-ethyl adjacent to an activating group) is 1. The zero-order chi connectivity index (χ0) is 27.6. The van der Waals surface area contributed by atoms with Crippen LogP contribution in [0.2, 0.25) is 5.15 Å². The molecule has 0 aliphatic carbocycles. The number of ether oxygens (including phenoxy) is 1. The second kappa shape index (κ2) is 8.77. The van der Waals surface area contributed by atoms with E-state index < -0.39 is 32.2 Å². The molecule has 0 spiro atoms.